The maximum Gasteiger partial charge on any atom is 0.267 e. The van der Waals surface area contributed by atoms with Gasteiger partial charge in [0.05, 0.1) is 17.0 Å². The monoisotopic (exact) mass is 504 g/mol. The summed E-state index contributed by atoms with van der Waals surface area (Å²) >= 11 is 6.76. The number of hydrogen-bond acceptors (Lipinski definition) is 6. The van der Waals surface area contributed by atoms with Crippen LogP contribution >= 0.6 is 24.0 Å². The van der Waals surface area contributed by atoms with Crippen molar-refractivity contribution in [2.75, 3.05) is 5.32 Å². The number of carbonyl (C=O) groups is 1. The van der Waals surface area contributed by atoms with E-state index in [1.165, 1.54) is 11.8 Å². The molecule has 6 nitrogen and oxygen atoms in total. The van der Waals surface area contributed by atoms with E-state index in [1.54, 1.807) is 21.6 Å². The second-order valence-corrected chi connectivity index (χ2v) is 11.1. The fraction of sp³-hybridized carbons (Fsp3) is 0.333. The Morgan fingerprint density at radius 3 is 2.60 bits per heavy atom. The van der Waals surface area contributed by atoms with Gasteiger partial charge in [-0.15, -0.1) is 0 Å². The summed E-state index contributed by atoms with van der Waals surface area (Å²) in [6.45, 7) is 4.63. The number of anilines is 1. The first kappa shape index (κ1) is 23.8. The normalized spacial score (nSPS) is 21.8. The number of carbonyl (C=O) groups excluding carboxylic acids is 1. The molecule has 5 rings (SSSR count). The first-order valence-corrected chi connectivity index (χ1v) is 13.2. The van der Waals surface area contributed by atoms with Crippen LogP contribution in [0, 0.1) is 12.8 Å². The van der Waals surface area contributed by atoms with Crippen LogP contribution in [-0.4, -0.2) is 30.6 Å². The van der Waals surface area contributed by atoms with E-state index < -0.39 is 0 Å². The molecule has 0 unspecified atom stereocenters. The average molecular weight is 505 g/mol. The van der Waals surface area contributed by atoms with Crippen LogP contribution in [0.15, 0.2) is 58.4 Å². The Morgan fingerprint density at radius 1 is 1.11 bits per heavy atom. The number of fused-ring (bicyclic) bond motifs is 1. The van der Waals surface area contributed by atoms with Crippen molar-refractivity contribution >= 4 is 51.7 Å². The minimum atomic E-state index is -0.196. The molecular weight excluding hydrogens is 476 g/mol. The minimum Gasteiger partial charge on any atom is -0.367 e. The lowest BCUT2D eigenvalue weighted by Crippen LogP contribution is -2.29. The maximum atomic E-state index is 13.6. The Hall–Kier alpha value is -2.97. The number of benzene rings is 1. The van der Waals surface area contributed by atoms with Crippen LogP contribution in [0.2, 0.25) is 0 Å². The third-order valence-corrected chi connectivity index (χ3v) is 8.15. The number of nitrogens with zero attached hydrogens (tertiary/aromatic N) is 3. The fourth-order valence-electron chi connectivity index (χ4n) is 4.68. The summed E-state index contributed by atoms with van der Waals surface area (Å²) in [6, 6.07) is 13.8. The molecule has 3 aromatic rings. The van der Waals surface area contributed by atoms with Gasteiger partial charge in [0.25, 0.3) is 11.5 Å². The van der Waals surface area contributed by atoms with Crippen molar-refractivity contribution in [3.8, 4) is 0 Å². The van der Waals surface area contributed by atoms with Crippen LogP contribution in [0.5, 0.6) is 0 Å². The minimum absolute atomic E-state index is 0.185. The molecule has 0 atom stereocenters. The van der Waals surface area contributed by atoms with E-state index in [-0.39, 0.29) is 17.5 Å². The molecule has 0 spiro atoms. The van der Waals surface area contributed by atoms with E-state index in [9.17, 15) is 9.59 Å². The van der Waals surface area contributed by atoms with Gasteiger partial charge < -0.3 is 5.32 Å². The van der Waals surface area contributed by atoms with Gasteiger partial charge in [-0.25, -0.2) is 4.98 Å². The summed E-state index contributed by atoms with van der Waals surface area (Å²) in [5, 5.41) is 3.55. The largest absolute Gasteiger partial charge is 0.367 e. The molecule has 2 fully saturated rings. The van der Waals surface area contributed by atoms with Crippen LogP contribution in [0.4, 0.5) is 5.82 Å². The second kappa shape index (κ2) is 9.95. The van der Waals surface area contributed by atoms with Crippen molar-refractivity contribution < 1.29 is 4.79 Å². The van der Waals surface area contributed by atoms with Crippen LogP contribution in [0.3, 0.4) is 0 Å². The van der Waals surface area contributed by atoms with Gasteiger partial charge in [-0.05, 0) is 61.8 Å². The molecule has 8 heteroatoms. The molecule has 3 heterocycles. The lowest BCUT2D eigenvalue weighted by molar-refractivity contribution is -0.122. The highest BCUT2D eigenvalue weighted by Gasteiger charge is 2.33. The fourth-order valence-corrected chi connectivity index (χ4v) is 5.92. The molecule has 1 N–H and O–H groups in total. The number of hydrogen-bond donors (Lipinski definition) is 1. The smallest absolute Gasteiger partial charge is 0.267 e. The highest BCUT2D eigenvalue weighted by Crippen LogP contribution is 2.34. The molecule has 1 saturated carbocycles. The number of thioether (sulfide) groups is 1. The third-order valence-electron chi connectivity index (χ3n) is 6.77. The Balaban J connectivity index is 1.53. The van der Waals surface area contributed by atoms with E-state index in [4.69, 9.17) is 17.2 Å². The molecule has 2 aromatic heterocycles. The predicted molar refractivity (Wildman–Crippen MR) is 146 cm³/mol. The number of amides is 1. The second-order valence-electron chi connectivity index (χ2n) is 9.42. The Morgan fingerprint density at radius 2 is 1.86 bits per heavy atom. The van der Waals surface area contributed by atoms with Crippen LogP contribution in [0.1, 0.15) is 49.3 Å². The topological polar surface area (TPSA) is 66.7 Å². The molecule has 1 aliphatic carbocycles. The van der Waals surface area contributed by atoms with Crippen molar-refractivity contribution in [3.05, 3.63) is 80.6 Å². The summed E-state index contributed by atoms with van der Waals surface area (Å²) in [6.07, 6.45) is 7.76. The summed E-state index contributed by atoms with van der Waals surface area (Å²) in [4.78, 5) is 33.8. The highest BCUT2D eigenvalue weighted by atomic mass is 32.2. The number of aromatic nitrogens is 2. The number of aryl methyl sites for hydroxylation is 1. The lowest BCUT2D eigenvalue weighted by atomic mass is 9.87. The van der Waals surface area contributed by atoms with Crippen LogP contribution < -0.4 is 10.9 Å². The Labute approximate surface area is 214 Å². The molecule has 35 heavy (non-hydrogen) atoms. The molecule has 180 valence electrons. The van der Waals surface area contributed by atoms with Gasteiger partial charge in [-0.2, -0.15) is 0 Å². The molecule has 1 aliphatic heterocycles. The Kier molecular flexibility index (Phi) is 6.75. The third kappa shape index (κ3) is 4.90. The predicted octanol–water partition coefficient (Wildman–Crippen LogP) is 5.39. The number of thiocarbonyl (C=S) groups is 1. The number of pyridine rings is 1. The first-order chi connectivity index (χ1) is 16.9. The molecule has 1 saturated heterocycles. The van der Waals surface area contributed by atoms with Gasteiger partial charge >= 0.3 is 0 Å². The molecule has 1 aromatic carbocycles. The summed E-state index contributed by atoms with van der Waals surface area (Å²) < 4.78 is 2.05. The zero-order valence-electron chi connectivity index (χ0n) is 19.9. The van der Waals surface area contributed by atoms with Gasteiger partial charge in [0.15, 0.2) is 0 Å². The molecule has 0 bridgehead atoms. The van der Waals surface area contributed by atoms with E-state index in [0.29, 0.717) is 32.8 Å². The Bertz CT molecular complexity index is 1380. The first-order valence-electron chi connectivity index (χ1n) is 12.0. The van der Waals surface area contributed by atoms with E-state index in [2.05, 4.69) is 12.2 Å². The molecule has 0 radical (unpaired) electrons. The lowest BCUT2D eigenvalue weighted by Gasteiger charge is -2.28. The van der Waals surface area contributed by atoms with Gasteiger partial charge in [0.2, 0.25) is 0 Å². The SMILES string of the molecule is Cc1cccn2c(=O)c(C=C3SC(=S)N(Cc4ccccc4)C3=O)c(NC3CCC(C)CC3)nc12. The van der Waals surface area contributed by atoms with Crippen molar-refractivity contribution in [1.82, 2.24) is 14.3 Å². The van der Waals surface area contributed by atoms with Gasteiger partial charge in [-0.3, -0.25) is 18.9 Å². The van der Waals surface area contributed by atoms with Crippen LogP contribution in [0.25, 0.3) is 11.7 Å². The summed E-state index contributed by atoms with van der Waals surface area (Å²) in [5.41, 5.74) is 2.75. The summed E-state index contributed by atoms with van der Waals surface area (Å²) in [5.74, 6) is 1.07. The van der Waals surface area contributed by atoms with Gasteiger partial charge in [-0.1, -0.05) is 67.3 Å². The average Bonchev–Trinajstić information content (AvgIpc) is 3.11. The standard InChI is InChI=1S/C27H28N4O2S2/c1-17-10-12-20(13-11-17)28-23-21(25(32)30-14-6-7-18(2)24(30)29-23)15-22-26(33)31(27(34)35-22)16-19-8-4-3-5-9-19/h3-9,14-15,17,20,28H,10-13,16H2,1-2H3. The van der Waals surface area contributed by atoms with Crippen LogP contribution in [-0.2, 0) is 11.3 Å². The van der Waals surface area contributed by atoms with Crippen molar-refractivity contribution in [1.29, 1.82) is 0 Å². The van der Waals surface area contributed by atoms with Gasteiger partial charge in [0, 0.05) is 12.2 Å². The van der Waals surface area contributed by atoms with Gasteiger partial charge in [0.1, 0.15) is 15.8 Å². The van der Waals surface area contributed by atoms with Crippen molar-refractivity contribution in [2.24, 2.45) is 5.92 Å². The highest BCUT2D eigenvalue weighted by molar-refractivity contribution is 8.26. The number of rotatable bonds is 5. The van der Waals surface area contributed by atoms with Crippen molar-refractivity contribution in [2.45, 2.75) is 52.1 Å². The molecular formula is C27H28N4O2S2. The zero-order chi connectivity index (χ0) is 24.5. The quantitative estimate of drug-likeness (QED) is 0.371. The number of nitrogens with one attached hydrogen (secondary N) is 1. The van der Waals surface area contributed by atoms with E-state index in [0.717, 1.165) is 42.7 Å². The van der Waals surface area contributed by atoms with Crippen molar-refractivity contribution in [3.63, 3.8) is 0 Å². The van der Waals surface area contributed by atoms with E-state index >= 15 is 0 Å². The summed E-state index contributed by atoms with van der Waals surface area (Å²) in [7, 11) is 0. The molecule has 1 amide bonds. The maximum absolute atomic E-state index is 13.6. The zero-order valence-corrected chi connectivity index (χ0v) is 21.5. The molecule has 2 aliphatic rings. The van der Waals surface area contributed by atoms with E-state index in [1.807, 2.05) is 49.4 Å².